The minimum atomic E-state index is 0.862. The Morgan fingerprint density at radius 1 is 1.28 bits per heavy atom. The molecule has 0 saturated heterocycles. The number of thioether (sulfide) groups is 1. The van der Waals surface area contributed by atoms with Crippen LogP contribution in [0.4, 0.5) is 0 Å². The van der Waals surface area contributed by atoms with E-state index in [2.05, 4.69) is 42.6 Å². The fraction of sp³-hybridized carbons (Fsp3) is 0.286. The number of hydrogen-bond donors (Lipinski definition) is 1. The van der Waals surface area contributed by atoms with Gasteiger partial charge in [-0.25, -0.2) is 0 Å². The van der Waals surface area contributed by atoms with Gasteiger partial charge in [0.2, 0.25) is 0 Å². The second-order valence-electron chi connectivity index (χ2n) is 4.05. The van der Waals surface area contributed by atoms with Crippen molar-refractivity contribution in [3.63, 3.8) is 0 Å². The SMILES string of the molecule is Cc1cccc(SCCNCc2ccc(Cl)s2)c1. The average molecular weight is 298 g/mol. The van der Waals surface area contributed by atoms with Gasteiger partial charge in [-0.2, -0.15) is 0 Å². The maximum atomic E-state index is 5.88. The van der Waals surface area contributed by atoms with Crippen molar-refractivity contribution in [2.24, 2.45) is 0 Å². The van der Waals surface area contributed by atoms with Crippen LogP contribution in [0.25, 0.3) is 0 Å². The molecule has 2 rings (SSSR count). The van der Waals surface area contributed by atoms with Crippen molar-refractivity contribution in [3.05, 3.63) is 51.2 Å². The topological polar surface area (TPSA) is 12.0 Å². The fourth-order valence-electron chi connectivity index (χ4n) is 1.60. The smallest absolute Gasteiger partial charge is 0.0931 e. The first-order chi connectivity index (χ1) is 8.74. The molecule has 0 aliphatic rings. The molecule has 0 aliphatic heterocycles. The Labute approximate surface area is 122 Å². The first-order valence-electron chi connectivity index (χ1n) is 5.88. The number of benzene rings is 1. The highest BCUT2D eigenvalue weighted by Gasteiger charge is 1.98. The highest BCUT2D eigenvalue weighted by atomic mass is 35.5. The van der Waals surface area contributed by atoms with Crippen LogP contribution >= 0.6 is 34.7 Å². The number of hydrogen-bond acceptors (Lipinski definition) is 3. The summed E-state index contributed by atoms with van der Waals surface area (Å²) in [7, 11) is 0. The summed E-state index contributed by atoms with van der Waals surface area (Å²) in [5.41, 5.74) is 1.32. The third-order valence-corrected chi connectivity index (χ3v) is 4.69. The molecule has 0 unspecified atom stereocenters. The van der Waals surface area contributed by atoms with Gasteiger partial charge in [-0.15, -0.1) is 23.1 Å². The van der Waals surface area contributed by atoms with Gasteiger partial charge in [0, 0.05) is 28.6 Å². The molecule has 4 heteroatoms. The van der Waals surface area contributed by atoms with Crippen LogP contribution in [0.1, 0.15) is 10.4 Å². The second-order valence-corrected chi connectivity index (χ2v) is 7.02. The van der Waals surface area contributed by atoms with E-state index in [1.807, 2.05) is 17.8 Å². The second kappa shape index (κ2) is 7.19. The van der Waals surface area contributed by atoms with Gasteiger partial charge in [0.25, 0.3) is 0 Å². The highest BCUT2D eigenvalue weighted by Crippen LogP contribution is 2.21. The van der Waals surface area contributed by atoms with E-state index >= 15 is 0 Å². The molecule has 1 aromatic heterocycles. The number of aryl methyl sites for hydroxylation is 1. The number of thiophene rings is 1. The van der Waals surface area contributed by atoms with Crippen molar-refractivity contribution >= 4 is 34.7 Å². The zero-order valence-electron chi connectivity index (χ0n) is 10.3. The van der Waals surface area contributed by atoms with Gasteiger partial charge < -0.3 is 5.32 Å². The Morgan fingerprint density at radius 2 is 2.17 bits per heavy atom. The Kier molecular flexibility index (Phi) is 5.57. The minimum absolute atomic E-state index is 0.862. The van der Waals surface area contributed by atoms with Gasteiger partial charge in [-0.3, -0.25) is 0 Å². The molecule has 1 aromatic carbocycles. The van der Waals surface area contributed by atoms with E-state index in [9.17, 15) is 0 Å². The molecule has 0 radical (unpaired) electrons. The van der Waals surface area contributed by atoms with Crippen LogP contribution in [0.3, 0.4) is 0 Å². The van der Waals surface area contributed by atoms with Crippen LogP contribution in [0.5, 0.6) is 0 Å². The van der Waals surface area contributed by atoms with Crippen LogP contribution in [-0.4, -0.2) is 12.3 Å². The summed E-state index contributed by atoms with van der Waals surface area (Å²) in [4.78, 5) is 2.64. The zero-order chi connectivity index (χ0) is 12.8. The maximum Gasteiger partial charge on any atom is 0.0931 e. The van der Waals surface area contributed by atoms with Crippen molar-refractivity contribution in [1.29, 1.82) is 0 Å². The predicted molar refractivity (Wildman–Crippen MR) is 82.9 cm³/mol. The lowest BCUT2D eigenvalue weighted by Crippen LogP contribution is -2.15. The average Bonchev–Trinajstić information content (AvgIpc) is 2.75. The highest BCUT2D eigenvalue weighted by molar-refractivity contribution is 7.99. The van der Waals surface area contributed by atoms with Gasteiger partial charge in [0.05, 0.1) is 4.34 Å². The molecule has 0 bridgehead atoms. The predicted octanol–water partition coefficient (Wildman–Crippen LogP) is 4.59. The van der Waals surface area contributed by atoms with Crippen molar-refractivity contribution in [3.8, 4) is 0 Å². The fourth-order valence-corrected chi connectivity index (χ4v) is 3.59. The minimum Gasteiger partial charge on any atom is -0.311 e. The summed E-state index contributed by atoms with van der Waals surface area (Å²) in [6, 6.07) is 12.7. The van der Waals surface area contributed by atoms with Crippen LogP contribution in [-0.2, 0) is 6.54 Å². The summed E-state index contributed by atoms with van der Waals surface area (Å²) in [6.45, 7) is 4.04. The lowest BCUT2D eigenvalue weighted by Gasteiger charge is -2.04. The normalized spacial score (nSPS) is 10.8. The summed E-state index contributed by atoms with van der Waals surface area (Å²) in [6.07, 6.45) is 0. The monoisotopic (exact) mass is 297 g/mol. The number of rotatable bonds is 6. The quantitative estimate of drug-likeness (QED) is 0.618. The molecule has 96 valence electrons. The standard InChI is InChI=1S/C14H16ClNS2/c1-11-3-2-4-12(9-11)17-8-7-16-10-13-5-6-14(15)18-13/h2-6,9,16H,7-8,10H2,1H3. The third kappa shape index (κ3) is 4.65. The zero-order valence-corrected chi connectivity index (χ0v) is 12.7. The molecule has 0 spiro atoms. The van der Waals surface area contributed by atoms with Crippen molar-refractivity contribution < 1.29 is 0 Å². The molecule has 18 heavy (non-hydrogen) atoms. The van der Waals surface area contributed by atoms with Crippen molar-refractivity contribution in [2.45, 2.75) is 18.4 Å². The van der Waals surface area contributed by atoms with Crippen molar-refractivity contribution in [1.82, 2.24) is 5.32 Å². The van der Waals surface area contributed by atoms with Gasteiger partial charge >= 0.3 is 0 Å². The van der Waals surface area contributed by atoms with E-state index in [0.29, 0.717) is 0 Å². The molecule has 1 N–H and O–H groups in total. The van der Waals surface area contributed by atoms with Crippen LogP contribution in [0, 0.1) is 6.92 Å². The van der Waals surface area contributed by atoms with Crippen LogP contribution in [0.15, 0.2) is 41.3 Å². The van der Waals surface area contributed by atoms with Gasteiger partial charge in [-0.05, 0) is 31.2 Å². The first kappa shape index (κ1) is 13.9. The third-order valence-electron chi connectivity index (χ3n) is 2.47. The Morgan fingerprint density at radius 3 is 2.89 bits per heavy atom. The molecule has 0 fully saturated rings. The van der Waals surface area contributed by atoms with Crippen molar-refractivity contribution in [2.75, 3.05) is 12.3 Å². The van der Waals surface area contributed by atoms with E-state index in [-0.39, 0.29) is 0 Å². The molecular weight excluding hydrogens is 282 g/mol. The van der Waals surface area contributed by atoms with E-state index < -0.39 is 0 Å². The Bertz CT molecular complexity index is 496. The summed E-state index contributed by atoms with van der Waals surface area (Å²) in [5, 5.41) is 3.43. The van der Waals surface area contributed by atoms with Crippen LogP contribution in [0.2, 0.25) is 4.34 Å². The van der Waals surface area contributed by atoms with E-state index in [1.165, 1.54) is 15.3 Å². The molecule has 0 aliphatic carbocycles. The van der Waals surface area contributed by atoms with Gasteiger partial charge in [-0.1, -0.05) is 29.3 Å². The molecule has 0 atom stereocenters. The molecule has 0 saturated carbocycles. The summed E-state index contributed by atoms with van der Waals surface area (Å²) >= 11 is 9.41. The largest absolute Gasteiger partial charge is 0.311 e. The summed E-state index contributed by atoms with van der Waals surface area (Å²) in [5.74, 6) is 1.09. The summed E-state index contributed by atoms with van der Waals surface area (Å²) < 4.78 is 0.862. The van der Waals surface area contributed by atoms with E-state index in [4.69, 9.17) is 11.6 Å². The molecule has 0 amide bonds. The Hall–Kier alpha value is -0.480. The van der Waals surface area contributed by atoms with Crippen LogP contribution < -0.4 is 5.32 Å². The lowest BCUT2D eigenvalue weighted by molar-refractivity contribution is 0.741. The van der Waals surface area contributed by atoms with Gasteiger partial charge in [0.15, 0.2) is 0 Å². The molecule has 1 heterocycles. The number of halogens is 1. The molecular formula is C14H16ClNS2. The van der Waals surface area contributed by atoms with Gasteiger partial charge in [0.1, 0.15) is 0 Å². The molecule has 2 aromatic rings. The van der Waals surface area contributed by atoms with E-state index in [0.717, 1.165) is 23.2 Å². The maximum absolute atomic E-state index is 5.88. The molecule has 1 nitrogen and oxygen atoms in total. The lowest BCUT2D eigenvalue weighted by atomic mass is 10.2. The first-order valence-corrected chi connectivity index (χ1v) is 8.06. The Balaban J connectivity index is 1.64. The number of nitrogens with one attached hydrogen (secondary N) is 1. The van der Waals surface area contributed by atoms with E-state index in [1.54, 1.807) is 11.3 Å².